The first kappa shape index (κ1) is 24.8. The molecule has 0 atom stereocenters. The van der Waals surface area contributed by atoms with Crippen LogP contribution < -0.4 is 10.6 Å². The van der Waals surface area contributed by atoms with Crippen molar-refractivity contribution in [3.8, 4) is 0 Å². The minimum absolute atomic E-state index is 0.0573. The average Bonchev–Trinajstić information content (AvgIpc) is 3.20. The van der Waals surface area contributed by atoms with Crippen LogP contribution in [-0.4, -0.2) is 46.7 Å². The number of rotatable bonds is 9. The molecule has 0 spiro atoms. The number of hydrogen-bond donors (Lipinski definition) is 2. The summed E-state index contributed by atoms with van der Waals surface area (Å²) in [5.41, 5.74) is 0.926. The molecule has 0 bridgehead atoms. The van der Waals surface area contributed by atoms with Gasteiger partial charge in [-0.25, -0.2) is 9.37 Å². The second-order valence-electron chi connectivity index (χ2n) is 8.86. The number of nitrogens with zero attached hydrogens (tertiary/aromatic N) is 2. The molecule has 178 valence electrons. The van der Waals surface area contributed by atoms with Crippen molar-refractivity contribution in [3.05, 3.63) is 46.7 Å². The SMILES string of the molecule is CC(C)CN(CC(=O)Nc1nc(CC(=O)NC2CCCCC2)cs1)C(=O)c1ccc(F)cc1. The molecule has 1 aromatic heterocycles. The molecule has 0 unspecified atom stereocenters. The van der Waals surface area contributed by atoms with Gasteiger partial charge in [0.05, 0.1) is 12.1 Å². The van der Waals surface area contributed by atoms with E-state index < -0.39 is 5.82 Å². The molecule has 7 nitrogen and oxygen atoms in total. The molecule has 1 saturated carbocycles. The molecule has 1 aromatic carbocycles. The van der Waals surface area contributed by atoms with E-state index >= 15 is 0 Å². The highest BCUT2D eigenvalue weighted by atomic mass is 32.1. The fourth-order valence-corrected chi connectivity index (χ4v) is 4.63. The van der Waals surface area contributed by atoms with Crippen molar-refractivity contribution < 1.29 is 18.8 Å². The van der Waals surface area contributed by atoms with E-state index in [-0.39, 0.29) is 42.6 Å². The van der Waals surface area contributed by atoms with Crippen LogP contribution in [0.15, 0.2) is 29.6 Å². The number of amides is 3. The lowest BCUT2D eigenvalue weighted by atomic mass is 9.95. The predicted molar refractivity (Wildman–Crippen MR) is 127 cm³/mol. The van der Waals surface area contributed by atoms with Gasteiger partial charge in [0, 0.05) is 23.5 Å². The third-order valence-corrected chi connectivity index (χ3v) is 6.21. The Morgan fingerprint density at radius 1 is 1.12 bits per heavy atom. The van der Waals surface area contributed by atoms with Gasteiger partial charge in [0.2, 0.25) is 11.8 Å². The van der Waals surface area contributed by atoms with Gasteiger partial charge in [0.1, 0.15) is 12.4 Å². The van der Waals surface area contributed by atoms with Gasteiger partial charge in [0.25, 0.3) is 5.91 Å². The number of carbonyl (C=O) groups excluding carboxylic acids is 3. The van der Waals surface area contributed by atoms with E-state index in [2.05, 4.69) is 15.6 Å². The molecular formula is C24H31FN4O3S. The zero-order chi connectivity index (χ0) is 23.8. The van der Waals surface area contributed by atoms with E-state index in [0.29, 0.717) is 22.9 Å². The summed E-state index contributed by atoms with van der Waals surface area (Å²) < 4.78 is 13.2. The van der Waals surface area contributed by atoms with Gasteiger partial charge in [-0.05, 0) is 43.0 Å². The fraction of sp³-hybridized carbons (Fsp3) is 0.500. The summed E-state index contributed by atoms with van der Waals surface area (Å²) in [5.74, 6) is -1.04. The Morgan fingerprint density at radius 2 is 1.82 bits per heavy atom. The standard InChI is InChI=1S/C24H31FN4O3S/c1-16(2)13-29(23(32)17-8-10-18(25)11-9-17)14-22(31)28-24-27-20(15-33-24)12-21(30)26-19-6-4-3-5-7-19/h8-11,15-16,19H,3-7,12-14H2,1-2H3,(H,26,30)(H,27,28,31). The molecule has 1 aliphatic rings. The average molecular weight is 475 g/mol. The molecule has 1 heterocycles. The molecule has 0 radical (unpaired) electrons. The molecule has 3 rings (SSSR count). The van der Waals surface area contributed by atoms with Gasteiger partial charge in [-0.2, -0.15) is 0 Å². The third-order valence-electron chi connectivity index (χ3n) is 5.41. The molecule has 1 aliphatic carbocycles. The Bertz CT molecular complexity index is 955. The smallest absolute Gasteiger partial charge is 0.254 e. The first-order chi connectivity index (χ1) is 15.8. The summed E-state index contributed by atoms with van der Waals surface area (Å²) in [6.45, 7) is 4.14. The van der Waals surface area contributed by atoms with Crippen LogP contribution in [0.5, 0.6) is 0 Å². The number of carbonyl (C=O) groups is 3. The van der Waals surface area contributed by atoms with Gasteiger partial charge in [-0.1, -0.05) is 33.1 Å². The quantitative estimate of drug-likeness (QED) is 0.575. The maximum Gasteiger partial charge on any atom is 0.254 e. The summed E-state index contributed by atoms with van der Waals surface area (Å²) in [5, 5.41) is 7.93. The lowest BCUT2D eigenvalue weighted by Gasteiger charge is -2.24. The maximum atomic E-state index is 13.2. The summed E-state index contributed by atoms with van der Waals surface area (Å²) in [6.07, 6.45) is 5.74. The van der Waals surface area contributed by atoms with Crippen molar-refractivity contribution in [1.29, 1.82) is 0 Å². The maximum absolute atomic E-state index is 13.2. The lowest BCUT2D eigenvalue weighted by molar-refractivity contribution is -0.121. The summed E-state index contributed by atoms with van der Waals surface area (Å²) >= 11 is 1.25. The fourth-order valence-electron chi connectivity index (χ4n) is 3.90. The van der Waals surface area contributed by atoms with Crippen LogP contribution in [0.25, 0.3) is 0 Å². The molecule has 0 saturated heterocycles. The van der Waals surface area contributed by atoms with Crippen molar-refractivity contribution in [2.45, 2.75) is 58.4 Å². The van der Waals surface area contributed by atoms with Gasteiger partial charge in [-0.3, -0.25) is 14.4 Å². The van der Waals surface area contributed by atoms with Crippen molar-refractivity contribution in [2.24, 2.45) is 5.92 Å². The Kier molecular flexibility index (Phi) is 8.94. The molecule has 2 N–H and O–H groups in total. The van der Waals surface area contributed by atoms with Crippen LogP contribution in [0.2, 0.25) is 0 Å². The second kappa shape index (κ2) is 11.9. The molecule has 0 aliphatic heterocycles. The highest BCUT2D eigenvalue weighted by molar-refractivity contribution is 7.13. The van der Waals surface area contributed by atoms with Gasteiger partial charge in [0.15, 0.2) is 5.13 Å². The third kappa shape index (κ3) is 7.92. The largest absolute Gasteiger partial charge is 0.353 e. The van der Waals surface area contributed by atoms with E-state index in [4.69, 9.17) is 0 Å². The second-order valence-corrected chi connectivity index (χ2v) is 9.72. The molecule has 3 amide bonds. The van der Waals surface area contributed by atoms with Gasteiger partial charge >= 0.3 is 0 Å². The van der Waals surface area contributed by atoms with Crippen LogP contribution in [0.3, 0.4) is 0 Å². The number of halogens is 1. The topological polar surface area (TPSA) is 91.4 Å². The van der Waals surface area contributed by atoms with Gasteiger partial charge < -0.3 is 15.5 Å². The molecular weight excluding hydrogens is 443 g/mol. The highest BCUT2D eigenvalue weighted by Gasteiger charge is 2.21. The van der Waals surface area contributed by atoms with Crippen molar-refractivity contribution in [1.82, 2.24) is 15.2 Å². The summed E-state index contributed by atoms with van der Waals surface area (Å²) in [4.78, 5) is 43.5. The summed E-state index contributed by atoms with van der Waals surface area (Å²) in [6, 6.07) is 5.52. The minimum Gasteiger partial charge on any atom is -0.353 e. The molecule has 1 fully saturated rings. The molecule has 9 heteroatoms. The van der Waals surface area contributed by atoms with Crippen LogP contribution in [0.4, 0.5) is 9.52 Å². The molecule has 2 aromatic rings. The first-order valence-electron chi connectivity index (χ1n) is 11.4. The number of thiazole rings is 1. The Morgan fingerprint density at radius 3 is 2.48 bits per heavy atom. The first-order valence-corrected chi connectivity index (χ1v) is 12.3. The Balaban J connectivity index is 1.54. The Hall–Kier alpha value is -2.81. The number of benzene rings is 1. The van der Waals surface area contributed by atoms with Crippen molar-refractivity contribution in [3.63, 3.8) is 0 Å². The van der Waals surface area contributed by atoms with Crippen molar-refractivity contribution >= 4 is 34.2 Å². The number of aromatic nitrogens is 1. The van der Waals surface area contributed by atoms with Crippen LogP contribution >= 0.6 is 11.3 Å². The number of nitrogens with one attached hydrogen (secondary N) is 2. The van der Waals surface area contributed by atoms with E-state index in [0.717, 1.165) is 25.7 Å². The number of hydrogen-bond acceptors (Lipinski definition) is 5. The zero-order valence-electron chi connectivity index (χ0n) is 19.1. The molecule has 33 heavy (non-hydrogen) atoms. The lowest BCUT2D eigenvalue weighted by Crippen LogP contribution is -2.40. The predicted octanol–water partition coefficient (Wildman–Crippen LogP) is 4.01. The number of anilines is 1. The van der Waals surface area contributed by atoms with Crippen LogP contribution in [-0.2, 0) is 16.0 Å². The Labute approximate surface area is 197 Å². The van der Waals surface area contributed by atoms with E-state index in [1.54, 1.807) is 5.38 Å². The van der Waals surface area contributed by atoms with Crippen LogP contribution in [0, 0.1) is 11.7 Å². The summed E-state index contributed by atoms with van der Waals surface area (Å²) in [7, 11) is 0. The zero-order valence-corrected chi connectivity index (χ0v) is 19.9. The minimum atomic E-state index is -0.424. The van der Waals surface area contributed by atoms with Crippen LogP contribution in [0.1, 0.15) is 62.0 Å². The normalized spacial score (nSPS) is 14.2. The van der Waals surface area contributed by atoms with E-state index in [9.17, 15) is 18.8 Å². The van der Waals surface area contributed by atoms with E-state index in [1.165, 1.54) is 46.9 Å². The van der Waals surface area contributed by atoms with Crippen molar-refractivity contribution in [2.75, 3.05) is 18.4 Å². The van der Waals surface area contributed by atoms with Gasteiger partial charge in [-0.15, -0.1) is 11.3 Å². The highest BCUT2D eigenvalue weighted by Crippen LogP contribution is 2.19. The monoisotopic (exact) mass is 474 g/mol. The van der Waals surface area contributed by atoms with E-state index in [1.807, 2.05) is 13.8 Å².